The van der Waals surface area contributed by atoms with E-state index in [0.717, 1.165) is 49.3 Å². The molecule has 31 heavy (non-hydrogen) atoms. The van der Waals surface area contributed by atoms with Crippen LogP contribution in [-0.4, -0.2) is 83.8 Å². The zero-order valence-electron chi connectivity index (χ0n) is 17.9. The summed E-state index contributed by atoms with van der Waals surface area (Å²) in [5.41, 5.74) is 1.22. The number of amides is 2. The summed E-state index contributed by atoms with van der Waals surface area (Å²) in [6.45, 7) is 5.34. The standard InChI is InChI=1S/C23H31N5O3/c29-21-15-31-18(11-24-23(30)22-19-3-1-2-4-20(19)25-26-22)14-28(21)13-17-7-9-27(10-8-17)12-16-5-6-16/h1-4,16-18H,5-15H2,(H,24,30)(H,25,26)/t18-/m1/s1. The number of aromatic nitrogens is 2. The Kier molecular flexibility index (Phi) is 5.91. The van der Waals surface area contributed by atoms with Gasteiger partial charge < -0.3 is 19.9 Å². The predicted octanol–water partition coefficient (Wildman–Crippen LogP) is 1.64. The number of hydrogen-bond acceptors (Lipinski definition) is 5. The van der Waals surface area contributed by atoms with E-state index in [2.05, 4.69) is 20.4 Å². The Morgan fingerprint density at radius 3 is 2.71 bits per heavy atom. The number of piperidine rings is 1. The van der Waals surface area contributed by atoms with Crippen molar-refractivity contribution >= 4 is 22.7 Å². The van der Waals surface area contributed by atoms with Crippen molar-refractivity contribution < 1.29 is 14.3 Å². The highest BCUT2D eigenvalue weighted by Gasteiger charge is 2.31. The van der Waals surface area contributed by atoms with Crippen molar-refractivity contribution in [3.63, 3.8) is 0 Å². The number of likely N-dealkylation sites (tertiary alicyclic amines) is 1. The van der Waals surface area contributed by atoms with Crippen molar-refractivity contribution in [3.8, 4) is 0 Å². The van der Waals surface area contributed by atoms with Crippen molar-refractivity contribution in [1.29, 1.82) is 0 Å². The topological polar surface area (TPSA) is 90.6 Å². The van der Waals surface area contributed by atoms with Gasteiger partial charge in [0, 0.05) is 31.6 Å². The molecular weight excluding hydrogens is 394 g/mol. The molecule has 2 amide bonds. The van der Waals surface area contributed by atoms with Crippen LogP contribution >= 0.6 is 0 Å². The molecule has 1 saturated carbocycles. The summed E-state index contributed by atoms with van der Waals surface area (Å²) >= 11 is 0. The number of morpholine rings is 1. The minimum absolute atomic E-state index is 0.0567. The van der Waals surface area contributed by atoms with Gasteiger partial charge in [-0.1, -0.05) is 18.2 Å². The number of nitrogens with one attached hydrogen (secondary N) is 2. The maximum Gasteiger partial charge on any atom is 0.272 e. The number of hydrogen-bond donors (Lipinski definition) is 2. The second-order valence-electron chi connectivity index (χ2n) is 9.25. The van der Waals surface area contributed by atoms with E-state index in [9.17, 15) is 9.59 Å². The van der Waals surface area contributed by atoms with Crippen LogP contribution in [-0.2, 0) is 9.53 Å². The number of aromatic amines is 1. The van der Waals surface area contributed by atoms with Crippen molar-refractivity contribution in [3.05, 3.63) is 30.0 Å². The van der Waals surface area contributed by atoms with Gasteiger partial charge in [0.25, 0.3) is 5.91 Å². The highest BCUT2D eigenvalue weighted by Crippen LogP contribution is 2.31. The summed E-state index contributed by atoms with van der Waals surface area (Å²) in [4.78, 5) is 29.5. The number of carbonyl (C=O) groups is 2. The maximum absolute atomic E-state index is 12.6. The molecule has 166 valence electrons. The van der Waals surface area contributed by atoms with Gasteiger partial charge in [-0.15, -0.1) is 0 Å². The lowest BCUT2D eigenvalue weighted by Crippen LogP contribution is -2.52. The van der Waals surface area contributed by atoms with Gasteiger partial charge in [0.1, 0.15) is 6.61 Å². The molecule has 0 spiro atoms. The SMILES string of the molecule is O=C(NC[C@@H]1CN(CC2CCN(CC3CC3)CC2)C(=O)CO1)c1n[nH]c2ccccc12. The van der Waals surface area contributed by atoms with Gasteiger partial charge in [0.2, 0.25) is 5.91 Å². The molecule has 8 heteroatoms. The van der Waals surface area contributed by atoms with Gasteiger partial charge in [0.15, 0.2) is 5.69 Å². The normalized spacial score (nSPS) is 23.4. The number of benzene rings is 1. The number of nitrogens with zero attached hydrogens (tertiary/aromatic N) is 3. The quantitative estimate of drug-likeness (QED) is 0.704. The summed E-state index contributed by atoms with van der Waals surface area (Å²) in [6.07, 6.45) is 4.92. The Morgan fingerprint density at radius 1 is 1.13 bits per heavy atom. The summed E-state index contributed by atoms with van der Waals surface area (Å²) in [5.74, 6) is 1.32. The Bertz CT molecular complexity index is 932. The number of para-hydroxylation sites is 1. The average molecular weight is 426 g/mol. The van der Waals surface area contributed by atoms with E-state index in [1.807, 2.05) is 29.2 Å². The number of ether oxygens (including phenoxy) is 1. The van der Waals surface area contributed by atoms with Crippen LogP contribution in [0.5, 0.6) is 0 Å². The van der Waals surface area contributed by atoms with Crippen LogP contribution in [0.25, 0.3) is 10.9 Å². The molecule has 2 aromatic rings. The van der Waals surface area contributed by atoms with Gasteiger partial charge in [-0.25, -0.2) is 0 Å². The zero-order valence-corrected chi connectivity index (χ0v) is 17.9. The maximum atomic E-state index is 12.6. The molecule has 0 radical (unpaired) electrons. The van der Waals surface area contributed by atoms with Crippen LogP contribution < -0.4 is 5.32 Å². The Labute approximate surface area is 182 Å². The Balaban J connectivity index is 1.10. The molecule has 3 heterocycles. The van der Waals surface area contributed by atoms with Crippen LogP contribution in [0.1, 0.15) is 36.2 Å². The fraction of sp³-hybridized carbons (Fsp3) is 0.609. The van der Waals surface area contributed by atoms with E-state index in [1.165, 1.54) is 19.4 Å². The minimum atomic E-state index is -0.229. The zero-order chi connectivity index (χ0) is 21.2. The monoisotopic (exact) mass is 425 g/mol. The minimum Gasteiger partial charge on any atom is -0.365 e. The Morgan fingerprint density at radius 2 is 1.90 bits per heavy atom. The van der Waals surface area contributed by atoms with Gasteiger partial charge in [-0.2, -0.15) is 5.10 Å². The predicted molar refractivity (Wildman–Crippen MR) is 117 cm³/mol. The van der Waals surface area contributed by atoms with Crippen LogP contribution in [0.15, 0.2) is 24.3 Å². The molecule has 1 aromatic carbocycles. The third kappa shape index (κ3) is 4.91. The molecule has 3 fully saturated rings. The molecule has 2 N–H and O–H groups in total. The average Bonchev–Trinajstić information content (AvgIpc) is 3.50. The van der Waals surface area contributed by atoms with E-state index in [-0.39, 0.29) is 24.5 Å². The molecule has 2 aliphatic heterocycles. The molecule has 2 saturated heterocycles. The van der Waals surface area contributed by atoms with Crippen molar-refractivity contribution in [2.24, 2.45) is 11.8 Å². The van der Waals surface area contributed by atoms with Crippen LogP contribution in [0.2, 0.25) is 0 Å². The second kappa shape index (κ2) is 8.96. The first-order valence-corrected chi connectivity index (χ1v) is 11.5. The van der Waals surface area contributed by atoms with Crippen molar-refractivity contribution in [2.45, 2.75) is 31.8 Å². The second-order valence-corrected chi connectivity index (χ2v) is 9.25. The first-order chi connectivity index (χ1) is 15.2. The molecule has 3 aliphatic rings. The fourth-order valence-corrected chi connectivity index (χ4v) is 4.74. The highest BCUT2D eigenvalue weighted by molar-refractivity contribution is 6.04. The van der Waals surface area contributed by atoms with E-state index >= 15 is 0 Å². The molecular formula is C23H31N5O3. The van der Waals surface area contributed by atoms with Gasteiger partial charge in [-0.3, -0.25) is 14.7 Å². The van der Waals surface area contributed by atoms with Gasteiger partial charge in [-0.05, 0) is 56.7 Å². The lowest BCUT2D eigenvalue weighted by Gasteiger charge is -2.38. The van der Waals surface area contributed by atoms with Gasteiger partial charge in [0.05, 0.1) is 11.6 Å². The third-order valence-corrected chi connectivity index (χ3v) is 6.79. The summed E-state index contributed by atoms with van der Waals surface area (Å²) in [7, 11) is 0. The molecule has 1 aromatic heterocycles. The smallest absolute Gasteiger partial charge is 0.272 e. The van der Waals surface area contributed by atoms with Crippen LogP contribution in [0.3, 0.4) is 0 Å². The van der Waals surface area contributed by atoms with Crippen molar-refractivity contribution in [2.75, 3.05) is 45.9 Å². The van der Waals surface area contributed by atoms with Crippen LogP contribution in [0.4, 0.5) is 0 Å². The highest BCUT2D eigenvalue weighted by atomic mass is 16.5. The van der Waals surface area contributed by atoms with E-state index < -0.39 is 0 Å². The van der Waals surface area contributed by atoms with Crippen molar-refractivity contribution in [1.82, 2.24) is 25.3 Å². The molecule has 0 unspecified atom stereocenters. The Hall–Kier alpha value is -2.45. The molecule has 5 rings (SSSR count). The molecule has 1 atom stereocenters. The van der Waals surface area contributed by atoms with Crippen LogP contribution in [0, 0.1) is 11.8 Å². The number of carbonyl (C=O) groups excluding carboxylic acids is 2. The summed E-state index contributed by atoms with van der Waals surface area (Å²) in [5, 5.41) is 10.8. The van der Waals surface area contributed by atoms with Gasteiger partial charge >= 0.3 is 0 Å². The lowest BCUT2D eigenvalue weighted by atomic mass is 9.95. The molecule has 0 bridgehead atoms. The van der Waals surface area contributed by atoms with E-state index in [1.54, 1.807) is 0 Å². The summed E-state index contributed by atoms with van der Waals surface area (Å²) < 4.78 is 5.69. The van der Waals surface area contributed by atoms with E-state index in [0.29, 0.717) is 24.7 Å². The first kappa shape index (κ1) is 20.5. The van der Waals surface area contributed by atoms with E-state index in [4.69, 9.17) is 4.74 Å². The first-order valence-electron chi connectivity index (χ1n) is 11.5. The fourth-order valence-electron chi connectivity index (χ4n) is 4.74. The lowest BCUT2D eigenvalue weighted by molar-refractivity contribution is -0.149. The summed E-state index contributed by atoms with van der Waals surface area (Å²) in [6, 6.07) is 7.56. The molecule has 1 aliphatic carbocycles. The molecule has 8 nitrogen and oxygen atoms in total. The number of H-pyrrole nitrogens is 1. The number of rotatable bonds is 7. The number of fused-ring (bicyclic) bond motifs is 1. The third-order valence-electron chi connectivity index (χ3n) is 6.79. The largest absolute Gasteiger partial charge is 0.365 e.